The topological polar surface area (TPSA) is 46.2 Å². The molecule has 1 N–H and O–H groups in total. The van der Waals surface area contributed by atoms with Gasteiger partial charge in [0.25, 0.3) is 0 Å². The van der Waals surface area contributed by atoms with Gasteiger partial charge < -0.3 is 0 Å². The molecule has 0 aromatic heterocycles. The number of hydrogen-bond acceptors (Lipinski definition) is 2. The fourth-order valence-corrected chi connectivity index (χ4v) is 5.17. The number of hydrogen-bond donors (Lipinski definition) is 1. The maximum atomic E-state index is 13.5. The molecule has 0 bridgehead atoms. The molecular formula is C25H25NO2S2. The summed E-state index contributed by atoms with van der Waals surface area (Å²) in [5.74, 6) is 0. The average Bonchev–Trinajstić information content (AvgIpc) is 2.77. The Morgan fingerprint density at radius 1 is 0.833 bits per heavy atom. The zero-order valence-electron chi connectivity index (χ0n) is 17.1. The first kappa shape index (κ1) is 22.1. The molecule has 3 aromatic rings. The van der Waals surface area contributed by atoms with Crippen LogP contribution in [-0.2, 0) is 21.8 Å². The van der Waals surface area contributed by atoms with Gasteiger partial charge in [-0.3, -0.25) is 0 Å². The van der Waals surface area contributed by atoms with E-state index in [1.54, 1.807) is 6.08 Å². The van der Waals surface area contributed by atoms with Crippen molar-refractivity contribution >= 4 is 27.9 Å². The van der Waals surface area contributed by atoms with Crippen LogP contribution in [0.4, 0.5) is 0 Å². The van der Waals surface area contributed by atoms with Crippen molar-refractivity contribution in [2.24, 2.45) is 0 Å². The number of aryl methyl sites for hydroxylation is 2. The predicted molar refractivity (Wildman–Crippen MR) is 127 cm³/mol. The van der Waals surface area contributed by atoms with Gasteiger partial charge in [-0.05, 0) is 49.8 Å². The minimum absolute atomic E-state index is 0.533. The van der Waals surface area contributed by atoms with Gasteiger partial charge in [-0.1, -0.05) is 71.8 Å². The highest BCUT2D eigenvalue weighted by Crippen LogP contribution is 2.23. The lowest BCUT2D eigenvalue weighted by atomic mass is 10.2. The second-order valence-corrected chi connectivity index (χ2v) is 9.68. The van der Waals surface area contributed by atoms with Gasteiger partial charge in [-0.25, -0.2) is 13.1 Å². The van der Waals surface area contributed by atoms with E-state index in [1.165, 1.54) is 0 Å². The van der Waals surface area contributed by atoms with Gasteiger partial charge in [-0.15, -0.1) is 6.58 Å². The molecule has 0 aliphatic rings. The smallest absolute Gasteiger partial charge is 0.125 e. The Bertz CT molecular complexity index is 1070. The first-order chi connectivity index (χ1) is 14.5. The fourth-order valence-electron chi connectivity index (χ4n) is 2.84. The van der Waals surface area contributed by atoms with Crippen LogP contribution < -0.4 is 4.72 Å². The van der Waals surface area contributed by atoms with Crippen molar-refractivity contribution in [2.75, 3.05) is 0 Å². The SMILES string of the molecule is C=C[C@H](NS(=O)c1ccc(C)cc1)/C(=C\c1ccccc1)S(=O)c1ccc(C)cc1. The van der Waals surface area contributed by atoms with Gasteiger partial charge in [0.2, 0.25) is 0 Å². The third kappa shape index (κ3) is 5.72. The summed E-state index contributed by atoms with van der Waals surface area (Å²) in [5.41, 5.74) is 3.12. The summed E-state index contributed by atoms with van der Waals surface area (Å²) in [5, 5.41) is 0. The van der Waals surface area contributed by atoms with E-state index in [0.717, 1.165) is 16.7 Å². The Hall–Kier alpha value is -2.60. The van der Waals surface area contributed by atoms with E-state index in [0.29, 0.717) is 14.7 Å². The van der Waals surface area contributed by atoms with Gasteiger partial charge in [0, 0.05) is 9.80 Å². The molecule has 3 aromatic carbocycles. The maximum absolute atomic E-state index is 13.5. The molecule has 2 unspecified atom stereocenters. The highest BCUT2D eigenvalue weighted by atomic mass is 32.2. The standard InChI is InChI=1S/C25H25NO2S2/c1-4-24(26-30(28)23-16-12-20(3)13-17-23)25(18-21-8-6-5-7-9-21)29(27)22-14-10-19(2)11-15-22/h4-18,24,26H,1H2,2-3H3/b25-18+/t24-,29?,30?/m0/s1. The van der Waals surface area contributed by atoms with Crippen LogP contribution in [0.2, 0.25) is 0 Å². The van der Waals surface area contributed by atoms with E-state index in [2.05, 4.69) is 11.3 Å². The summed E-state index contributed by atoms with van der Waals surface area (Å²) in [6.45, 7) is 7.88. The average molecular weight is 436 g/mol. The Kier molecular flexibility index (Phi) is 7.69. The molecule has 0 saturated heterocycles. The van der Waals surface area contributed by atoms with Crippen LogP contribution in [0.25, 0.3) is 6.08 Å². The molecule has 0 amide bonds. The van der Waals surface area contributed by atoms with Crippen molar-refractivity contribution in [3.05, 3.63) is 113 Å². The summed E-state index contributed by atoms with van der Waals surface area (Å²) in [6, 6.07) is 24.3. The van der Waals surface area contributed by atoms with Crippen LogP contribution in [0.5, 0.6) is 0 Å². The molecule has 3 rings (SSSR count). The summed E-state index contributed by atoms with van der Waals surface area (Å²) < 4.78 is 29.5. The Balaban J connectivity index is 1.96. The highest BCUT2D eigenvalue weighted by molar-refractivity contribution is 7.89. The van der Waals surface area contributed by atoms with E-state index >= 15 is 0 Å². The zero-order valence-corrected chi connectivity index (χ0v) is 18.7. The third-order valence-electron chi connectivity index (χ3n) is 4.57. The lowest BCUT2D eigenvalue weighted by Gasteiger charge is -2.18. The van der Waals surface area contributed by atoms with Crippen molar-refractivity contribution in [3.8, 4) is 0 Å². The summed E-state index contributed by atoms with van der Waals surface area (Å²) in [7, 11) is -2.92. The summed E-state index contributed by atoms with van der Waals surface area (Å²) in [6.07, 6.45) is 3.52. The monoisotopic (exact) mass is 435 g/mol. The normalized spacial score (nSPS) is 14.7. The van der Waals surface area contributed by atoms with Gasteiger partial charge >= 0.3 is 0 Å². The van der Waals surface area contributed by atoms with E-state index in [1.807, 2.05) is 98.8 Å². The quantitative estimate of drug-likeness (QED) is 0.487. The molecule has 0 aliphatic heterocycles. The second kappa shape index (κ2) is 10.4. The molecule has 30 heavy (non-hydrogen) atoms. The molecule has 0 fully saturated rings. The zero-order chi connectivity index (χ0) is 21.5. The van der Waals surface area contributed by atoms with Crippen molar-refractivity contribution in [1.82, 2.24) is 4.72 Å². The Morgan fingerprint density at radius 2 is 1.37 bits per heavy atom. The van der Waals surface area contributed by atoms with Crippen molar-refractivity contribution in [1.29, 1.82) is 0 Å². The minimum atomic E-state index is -1.47. The third-order valence-corrected chi connectivity index (χ3v) is 7.24. The lowest BCUT2D eigenvalue weighted by Crippen LogP contribution is -2.32. The fraction of sp³-hybridized carbons (Fsp3) is 0.120. The number of benzene rings is 3. The van der Waals surface area contributed by atoms with E-state index in [4.69, 9.17) is 0 Å². The largest absolute Gasteiger partial charge is 0.249 e. The number of nitrogens with one attached hydrogen (secondary N) is 1. The van der Waals surface area contributed by atoms with E-state index < -0.39 is 27.8 Å². The Morgan fingerprint density at radius 3 is 1.90 bits per heavy atom. The van der Waals surface area contributed by atoms with Gasteiger partial charge in [0.1, 0.15) is 11.0 Å². The van der Waals surface area contributed by atoms with Gasteiger partial charge in [-0.2, -0.15) is 0 Å². The van der Waals surface area contributed by atoms with Crippen molar-refractivity contribution in [3.63, 3.8) is 0 Å². The minimum Gasteiger partial charge on any atom is -0.249 e. The molecule has 0 heterocycles. The summed E-state index contributed by atoms with van der Waals surface area (Å²) in [4.78, 5) is 1.95. The van der Waals surface area contributed by atoms with Gasteiger partial charge in [0.05, 0.1) is 21.7 Å². The van der Waals surface area contributed by atoms with Crippen LogP contribution in [0.15, 0.2) is 106 Å². The van der Waals surface area contributed by atoms with E-state index in [-0.39, 0.29) is 0 Å². The molecule has 0 spiro atoms. The molecule has 3 atom stereocenters. The molecule has 3 nitrogen and oxygen atoms in total. The second-order valence-electron chi connectivity index (χ2n) is 6.95. The molecule has 0 aliphatic carbocycles. The van der Waals surface area contributed by atoms with Crippen LogP contribution in [-0.4, -0.2) is 14.5 Å². The van der Waals surface area contributed by atoms with Crippen molar-refractivity contribution < 1.29 is 8.42 Å². The predicted octanol–water partition coefficient (Wildman–Crippen LogP) is 5.32. The lowest BCUT2D eigenvalue weighted by molar-refractivity contribution is 0.668. The van der Waals surface area contributed by atoms with Gasteiger partial charge in [0.15, 0.2) is 0 Å². The number of rotatable bonds is 8. The van der Waals surface area contributed by atoms with Crippen molar-refractivity contribution in [2.45, 2.75) is 29.7 Å². The molecule has 5 heteroatoms. The Labute approximate surface area is 183 Å². The molecule has 0 saturated carbocycles. The molecule has 154 valence electrons. The van der Waals surface area contributed by atoms with Crippen LogP contribution in [0, 0.1) is 13.8 Å². The molecular weight excluding hydrogens is 410 g/mol. The van der Waals surface area contributed by atoms with Crippen LogP contribution >= 0.6 is 0 Å². The first-order valence-corrected chi connectivity index (χ1v) is 11.9. The summed E-state index contributed by atoms with van der Waals surface area (Å²) >= 11 is 0. The first-order valence-electron chi connectivity index (χ1n) is 9.60. The maximum Gasteiger partial charge on any atom is 0.125 e. The molecule has 0 radical (unpaired) electrons. The highest BCUT2D eigenvalue weighted by Gasteiger charge is 2.21. The van der Waals surface area contributed by atoms with E-state index in [9.17, 15) is 8.42 Å². The van der Waals surface area contributed by atoms with Crippen LogP contribution in [0.3, 0.4) is 0 Å². The van der Waals surface area contributed by atoms with Crippen LogP contribution in [0.1, 0.15) is 16.7 Å².